The second-order valence-corrected chi connectivity index (χ2v) is 4.95. The van der Waals surface area contributed by atoms with Crippen LogP contribution in [0.1, 0.15) is 25.1 Å². The number of hydrogen-bond acceptors (Lipinski definition) is 5. The van der Waals surface area contributed by atoms with E-state index in [2.05, 4.69) is 29.0 Å². The van der Waals surface area contributed by atoms with Gasteiger partial charge in [0.05, 0.1) is 6.61 Å². The monoisotopic (exact) mass is 257 g/mol. The molecule has 0 radical (unpaired) electrons. The van der Waals surface area contributed by atoms with Gasteiger partial charge in [0, 0.05) is 44.4 Å². The van der Waals surface area contributed by atoms with E-state index < -0.39 is 0 Å². The molecule has 1 aromatic heterocycles. The first-order chi connectivity index (χ1) is 8.31. The van der Waals surface area contributed by atoms with Gasteiger partial charge in [0.2, 0.25) is 0 Å². The molecule has 4 nitrogen and oxygen atoms in total. The van der Waals surface area contributed by atoms with Crippen molar-refractivity contribution in [1.29, 1.82) is 0 Å². The fraction of sp³-hybridized carbons (Fsp3) is 0.750. The van der Waals surface area contributed by atoms with Crippen molar-refractivity contribution in [2.45, 2.75) is 26.8 Å². The van der Waals surface area contributed by atoms with Crippen LogP contribution in [0.15, 0.2) is 6.20 Å². The van der Waals surface area contributed by atoms with Crippen molar-refractivity contribution in [1.82, 2.24) is 10.3 Å². The van der Waals surface area contributed by atoms with E-state index in [1.54, 1.807) is 18.4 Å². The number of rotatable bonds is 9. The van der Waals surface area contributed by atoms with E-state index in [9.17, 15) is 0 Å². The van der Waals surface area contributed by atoms with Gasteiger partial charge in [0.15, 0.2) is 5.13 Å². The van der Waals surface area contributed by atoms with Gasteiger partial charge in [-0.15, -0.1) is 11.3 Å². The zero-order valence-electron chi connectivity index (χ0n) is 11.0. The van der Waals surface area contributed by atoms with E-state index >= 15 is 0 Å². The maximum absolute atomic E-state index is 4.99. The number of ether oxygens (including phenoxy) is 1. The molecular formula is C12H23N3OS. The Morgan fingerprint density at radius 3 is 2.94 bits per heavy atom. The number of anilines is 1. The number of hydrogen-bond donors (Lipinski definition) is 1. The van der Waals surface area contributed by atoms with Gasteiger partial charge >= 0.3 is 0 Å². The summed E-state index contributed by atoms with van der Waals surface area (Å²) in [6, 6.07) is 0. The average molecular weight is 257 g/mol. The first kappa shape index (κ1) is 14.4. The summed E-state index contributed by atoms with van der Waals surface area (Å²) in [6.07, 6.45) is 3.13. The topological polar surface area (TPSA) is 37.4 Å². The first-order valence-corrected chi connectivity index (χ1v) is 7.02. The fourth-order valence-corrected chi connectivity index (χ4v) is 2.54. The van der Waals surface area contributed by atoms with Crippen molar-refractivity contribution >= 4 is 16.5 Å². The molecule has 0 saturated heterocycles. The Morgan fingerprint density at radius 1 is 1.47 bits per heavy atom. The summed E-state index contributed by atoms with van der Waals surface area (Å²) in [6.45, 7) is 9.00. The molecule has 98 valence electrons. The molecule has 0 aliphatic heterocycles. The minimum absolute atomic E-state index is 0.753. The highest BCUT2D eigenvalue weighted by Crippen LogP contribution is 2.22. The van der Waals surface area contributed by atoms with E-state index in [0.29, 0.717) is 0 Å². The molecule has 0 aromatic carbocycles. The second kappa shape index (κ2) is 8.44. The molecule has 17 heavy (non-hydrogen) atoms. The predicted molar refractivity (Wildman–Crippen MR) is 73.9 cm³/mol. The maximum Gasteiger partial charge on any atom is 0.185 e. The lowest BCUT2D eigenvalue weighted by Crippen LogP contribution is -2.22. The SMILES string of the molecule is CCCN(CC)c1ncc(CNCCOC)s1. The normalized spacial score (nSPS) is 10.8. The third-order valence-electron chi connectivity index (χ3n) is 2.47. The van der Waals surface area contributed by atoms with Gasteiger partial charge in [-0.1, -0.05) is 6.92 Å². The Morgan fingerprint density at radius 2 is 2.29 bits per heavy atom. The van der Waals surface area contributed by atoms with Gasteiger partial charge in [-0.05, 0) is 13.3 Å². The van der Waals surface area contributed by atoms with Gasteiger partial charge in [-0.25, -0.2) is 4.98 Å². The molecule has 1 N–H and O–H groups in total. The molecule has 0 amide bonds. The quantitative estimate of drug-likeness (QED) is 0.688. The van der Waals surface area contributed by atoms with Crippen LogP contribution in [0, 0.1) is 0 Å². The molecule has 0 fully saturated rings. The highest BCUT2D eigenvalue weighted by Gasteiger charge is 2.08. The molecule has 0 unspecified atom stereocenters. The zero-order valence-corrected chi connectivity index (χ0v) is 11.8. The summed E-state index contributed by atoms with van der Waals surface area (Å²) in [5.41, 5.74) is 0. The number of nitrogens with one attached hydrogen (secondary N) is 1. The summed E-state index contributed by atoms with van der Waals surface area (Å²) in [5, 5.41) is 4.47. The lowest BCUT2D eigenvalue weighted by molar-refractivity contribution is 0.199. The van der Waals surface area contributed by atoms with Crippen molar-refractivity contribution in [3.05, 3.63) is 11.1 Å². The minimum atomic E-state index is 0.753. The van der Waals surface area contributed by atoms with Gasteiger partial charge in [-0.2, -0.15) is 0 Å². The molecule has 0 aliphatic rings. The number of aromatic nitrogens is 1. The Balaban J connectivity index is 2.40. The third kappa shape index (κ3) is 5.02. The van der Waals surface area contributed by atoms with Gasteiger partial charge in [-0.3, -0.25) is 0 Å². The van der Waals surface area contributed by atoms with Gasteiger partial charge in [0.1, 0.15) is 0 Å². The summed E-state index contributed by atoms with van der Waals surface area (Å²) in [5.74, 6) is 0. The van der Waals surface area contributed by atoms with E-state index in [0.717, 1.165) is 44.3 Å². The van der Waals surface area contributed by atoms with Crippen LogP contribution < -0.4 is 10.2 Å². The Kier molecular flexibility index (Phi) is 7.16. The number of thiazole rings is 1. The summed E-state index contributed by atoms with van der Waals surface area (Å²) < 4.78 is 4.99. The molecular weight excluding hydrogens is 234 g/mol. The molecule has 1 aromatic rings. The molecule has 1 heterocycles. The van der Waals surface area contributed by atoms with Crippen LogP contribution in [-0.2, 0) is 11.3 Å². The van der Waals surface area contributed by atoms with Crippen molar-refractivity contribution in [2.24, 2.45) is 0 Å². The molecule has 5 heteroatoms. The largest absolute Gasteiger partial charge is 0.383 e. The molecule has 0 spiro atoms. The highest BCUT2D eigenvalue weighted by atomic mass is 32.1. The standard InChI is InChI=1S/C12H23N3OS/c1-4-7-15(5-2)12-14-10-11(17-12)9-13-6-8-16-3/h10,13H,4-9H2,1-3H3. The lowest BCUT2D eigenvalue weighted by atomic mass is 10.4. The molecule has 0 bridgehead atoms. The minimum Gasteiger partial charge on any atom is -0.383 e. The maximum atomic E-state index is 4.99. The molecule has 0 saturated carbocycles. The third-order valence-corrected chi connectivity index (χ3v) is 3.53. The van der Waals surface area contributed by atoms with Crippen molar-refractivity contribution in [3.8, 4) is 0 Å². The van der Waals surface area contributed by atoms with Crippen molar-refractivity contribution < 1.29 is 4.74 Å². The van der Waals surface area contributed by atoms with E-state index in [4.69, 9.17) is 4.74 Å². The Labute approximate surface area is 108 Å². The zero-order chi connectivity index (χ0) is 12.5. The second-order valence-electron chi connectivity index (χ2n) is 3.86. The van der Waals surface area contributed by atoms with E-state index in [1.807, 2.05) is 6.20 Å². The van der Waals surface area contributed by atoms with Crippen LogP contribution in [0.3, 0.4) is 0 Å². The predicted octanol–water partition coefficient (Wildman–Crippen LogP) is 2.12. The van der Waals surface area contributed by atoms with E-state index in [1.165, 1.54) is 4.88 Å². The first-order valence-electron chi connectivity index (χ1n) is 6.21. The van der Waals surface area contributed by atoms with Crippen molar-refractivity contribution in [2.75, 3.05) is 38.3 Å². The smallest absolute Gasteiger partial charge is 0.185 e. The Bertz CT molecular complexity index is 304. The van der Waals surface area contributed by atoms with Crippen LogP contribution in [0.25, 0.3) is 0 Å². The summed E-state index contributed by atoms with van der Waals surface area (Å²) in [4.78, 5) is 8.08. The van der Waals surface area contributed by atoms with Gasteiger partial charge < -0.3 is 15.0 Å². The van der Waals surface area contributed by atoms with Crippen LogP contribution in [0.2, 0.25) is 0 Å². The lowest BCUT2D eigenvalue weighted by Gasteiger charge is -2.18. The summed E-state index contributed by atoms with van der Waals surface area (Å²) >= 11 is 1.78. The molecule has 0 atom stereocenters. The van der Waals surface area contributed by atoms with Crippen LogP contribution in [0.4, 0.5) is 5.13 Å². The highest BCUT2D eigenvalue weighted by molar-refractivity contribution is 7.15. The molecule has 0 aliphatic carbocycles. The fourth-order valence-electron chi connectivity index (χ4n) is 1.57. The van der Waals surface area contributed by atoms with Crippen LogP contribution >= 0.6 is 11.3 Å². The van der Waals surface area contributed by atoms with Crippen LogP contribution in [-0.4, -0.2) is 38.3 Å². The van der Waals surface area contributed by atoms with Crippen LogP contribution in [0.5, 0.6) is 0 Å². The molecule has 1 rings (SSSR count). The Hall–Kier alpha value is -0.650. The van der Waals surface area contributed by atoms with E-state index in [-0.39, 0.29) is 0 Å². The van der Waals surface area contributed by atoms with Crippen molar-refractivity contribution in [3.63, 3.8) is 0 Å². The van der Waals surface area contributed by atoms with Gasteiger partial charge in [0.25, 0.3) is 0 Å². The number of nitrogens with zero attached hydrogens (tertiary/aromatic N) is 2. The average Bonchev–Trinajstić information content (AvgIpc) is 2.80. The number of methoxy groups -OCH3 is 1. The summed E-state index contributed by atoms with van der Waals surface area (Å²) in [7, 11) is 1.72.